The number of ether oxygens (including phenoxy) is 1. The van der Waals surface area contributed by atoms with Crippen LogP contribution in [0.1, 0.15) is 22.8 Å². The lowest BCUT2D eigenvalue weighted by molar-refractivity contribution is -0.113. The molecule has 0 spiro atoms. The van der Waals surface area contributed by atoms with E-state index in [4.69, 9.17) is 4.74 Å². The van der Waals surface area contributed by atoms with Crippen molar-refractivity contribution in [1.29, 1.82) is 0 Å². The lowest BCUT2D eigenvalue weighted by Crippen LogP contribution is -2.17. The first-order valence-electron chi connectivity index (χ1n) is 9.23. The Bertz CT molecular complexity index is 1100. The van der Waals surface area contributed by atoms with Gasteiger partial charge in [-0.3, -0.25) is 4.79 Å². The Kier molecular flexibility index (Phi) is 7.43. The molecule has 0 fully saturated rings. The molecule has 3 aromatic rings. The molecule has 0 radical (unpaired) electrons. The SMILES string of the molecule is CCOC(=O)c1ccc2c(c1)sc(=NC(=O)/C=C/c1ccccc1)n2CCSC. The predicted molar refractivity (Wildman–Crippen MR) is 120 cm³/mol. The summed E-state index contributed by atoms with van der Waals surface area (Å²) in [5.41, 5.74) is 2.40. The Morgan fingerprint density at radius 1 is 1.21 bits per heavy atom. The standard InChI is InChI=1S/C22H22N2O3S2/c1-3-27-21(26)17-10-11-18-19(15-17)29-22(24(18)13-14-28-2)23-20(25)12-9-16-7-5-4-6-8-16/h4-12,15H,3,13-14H2,1-2H3/b12-9+,23-22?. The monoisotopic (exact) mass is 426 g/mol. The topological polar surface area (TPSA) is 60.7 Å². The van der Waals surface area contributed by atoms with E-state index in [1.807, 2.05) is 47.2 Å². The number of rotatable bonds is 7. The van der Waals surface area contributed by atoms with Gasteiger partial charge in [0.2, 0.25) is 0 Å². The van der Waals surface area contributed by atoms with E-state index < -0.39 is 0 Å². The third kappa shape index (κ3) is 5.46. The van der Waals surface area contributed by atoms with Gasteiger partial charge in [-0.05, 0) is 43.0 Å². The molecule has 0 bridgehead atoms. The number of aryl methyl sites for hydroxylation is 1. The highest BCUT2D eigenvalue weighted by Crippen LogP contribution is 2.20. The first kappa shape index (κ1) is 21.1. The van der Waals surface area contributed by atoms with E-state index in [9.17, 15) is 9.59 Å². The van der Waals surface area contributed by atoms with Gasteiger partial charge < -0.3 is 9.30 Å². The molecular weight excluding hydrogens is 404 g/mol. The van der Waals surface area contributed by atoms with Gasteiger partial charge in [0.15, 0.2) is 4.80 Å². The van der Waals surface area contributed by atoms with Gasteiger partial charge in [-0.15, -0.1) is 0 Å². The van der Waals surface area contributed by atoms with Crippen LogP contribution in [0.4, 0.5) is 0 Å². The smallest absolute Gasteiger partial charge is 0.338 e. The Labute approximate surface area is 177 Å². The predicted octanol–water partition coefficient (Wildman–Crippen LogP) is 4.38. The summed E-state index contributed by atoms with van der Waals surface area (Å²) < 4.78 is 8.01. The van der Waals surface area contributed by atoms with Gasteiger partial charge in [0.05, 0.1) is 22.4 Å². The number of thioether (sulfide) groups is 1. The molecule has 7 heteroatoms. The maximum atomic E-state index is 12.4. The summed E-state index contributed by atoms with van der Waals surface area (Å²) in [6.45, 7) is 2.84. The Hall–Kier alpha value is -2.64. The second-order valence-electron chi connectivity index (χ2n) is 6.13. The van der Waals surface area contributed by atoms with E-state index >= 15 is 0 Å². The molecule has 5 nitrogen and oxygen atoms in total. The maximum absolute atomic E-state index is 12.4. The van der Waals surface area contributed by atoms with Crippen LogP contribution in [-0.4, -0.2) is 35.1 Å². The van der Waals surface area contributed by atoms with Crippen molar-refractivity contribution >= 4 is 51.3 Å². The Morgan fingerprint density at radius 2 is 2.00 bits per heavy atom. The molecule has 0 aliphatic carbocycles. The average molecular weight is 427 g/mol. The minimum Gasteiger partial charge on any atom is -0.462 e. The van der Waals surface area contributed by atoms with E-state index in [-0.39, 0.29) is 11.9 Å². The van der Waals surface area contributed by atoms with Gasteiger partial charge in [0.1, 0.15) is 0 Å². The molecule has 0 atom stereocenters. The number of hydrogen-bond acceptors (Lipinski definition) is 5. The van der Waals surface area contributed by atoms with Crippen molar-refractivity contribution in [3.05, 3.63) is 70.5 Å². The summed E-state index contributed by atoms with van der Waals surface area (Å²) in [5, 5.41) is 0. The molecule has 1 aromatic heterocycles. The molecule has 2 aromatic carbocycles. The maximum Gasteiger partial charge on any atom is 0.338 e. The number of esters is 1. The number of benzene rings is 2. The molecule has 0 unspecified atom stereocenters. The van der Waals surface area contributed by atoms with E-state index in [2.05, 4.69) is 4.99 Å². The Morgan fingerprint density at radius 3 is 2.72 bits per heavy atom. The van der Waals surface area contributed by atoms with E-state index in [0.29, 0.717) is 17.0 Å². The summed E-state index contributed by atoms with van der Waals surface area (Å²) in [6.07, 6.45) is 5.27. The number of carbonyl (C=O) groups excluding carboxylic acids is 2. The molecule has 0 saturated heterocycles. The van der Waals surface area contributed by atoms with Crippen LogP contribution in [0.3, 0.4) is 0 Å². The molecule has 150 valence electrons. The van der Waals surface area contributed by atoms with Crippen LogP contribution in [0.2, 0.25) is 0 Å². The van der Waals surface area contributed by atoms with E-state index in [0.717, 1.165) is 28.1 Å². The largest absolute Gasteiger partial charge is 0.462 e. The van der Waals surface area contributed by atoms with Crippen molar-refractivity contribution in [2.24, 2.45) is 4.99 Å². The van der Waals surface area contributed by atoms with Gasteiger partial charge in [0, 0.05) is 18.4 Å². The fourth-order valence-electron chi connectivity index (χ4n) is 2.76. The number of carbonyl (C=O) groups is 2. The minimum absolute atomic E-state index is 0.316. The summed E-state index contributed by atoms with van der Waals surface area (Å²) in [6, 6.07) is 15.1. The summed E-state index contributed by atoms with van der Waals surface area (Å²) in [5.74, 6) is 0.231. The summed E-state index contributed by atoms with van der Waals surface area (Å²) in [4.78, 5) is 29.4. The van der Waals surface area contributed by atoms with Crippen molar-refractivity contribution in [3.63, 3.8) is 0 Å². The highest BCUT2D eigenvalue weighted by Gasteiger charge is 2.12. The molecule has 1 amide bonds. The molecule has 29 heavy (non-hydrogen) atoms. The molecule has 0 N–H and O–H groups in total. The van der Waals surface area contributed by atoms with Crippen LogP contribution in [0.15, 0.2) is 59.6 Å². The zero-order valence-electron chi connectivity index (χ0n) is 16.3. The number of thiazole rings is 1. The second kappa shape index (κ2) is 10.2. The van der Waals surface area contributed by atoms with Crippen molar-refractivity contribution in [2.45, 2.75) is 13.5 Å². The number of aromatic nitrogens is 1. The van der Waals surface area contributed by atoms with Crippen LogP contribution in [0.25, 0.3) is 16.3 Å². The lowest BCUT2D eigenvalue weighted by Gasteiger charge is -2.05. The van der Waals surface area contributed by atoms with Crippen LogP contribution >= 0.6 is 23.1 Å². The fraction of sp³-hybridized carbons (Fsp3) is 0.227. The fourth-order valence-corrected chi connectivity index (χ4v) is 4.23. The van der Waals surface area contributed by atoms with Crippen LogP contribution in [-0.2, 0) is 16.1 Å². The molecule has 0 aliphatic rings. The third-order valence-electron chi connectivity index (χ3n) is 4.14. The number of amides is 1. The molecule has 1 heterocycles. The van der Waals surface area contributed by atoms with Gasteiger partial charge in [-0.1, -0.05) is 41.7 Å². The first-order valence-corrected chi connectivity index (χ1v) is 11.4. The average Bonchev–Trinajstić information content (AvgIpc) is 3.07. The van der Waals surface area contributed by atoms with Crippen LogP contribution < -0.4 is 4.80 Å². The van der Waals surface area contributed by atoms with Crippen molar-refractivity contribution in [3.8, 4) is 0 Å². The lowest BCUT2D eigenvalue weighted by atomic mass is 10.2. The minimum atomic E-state index is -0.348. The van der Waals surface area contributed by atoms with Crippen molar-refractivity contribution in [1.82, 2.24) is 4.57 Å². The molecule has 0 aliphatic heterocycles. The van der Waals surface area contributed by atoms with E-state index in [1.165, 1.54) is 17.4 Å². The zero-order valence-corrected chi connectivity index (χ0v) is 18.0. The zero-order chi connectivity index (χ0) is 20.6. The summed E-state index contributed by atoms with van der Waals surface area (Å²) in [7, 11) is 0. The quantitative estimate of drug-likeness (QED) is 0.415. The summed E-state index contributed by atoms with van der Waals surface area (Å²) >= 11 is 3.13. The molecular formula is C22H22N2O3S2. The molecule has 0 saturated carbocycles. The van der Waals surface area contributed by atoms with Crippen LogP contribution in [0.5, 0.6) is 0 Å². The normalized spacial score (nSPS) is 12.0. The number of hydrogen-bond donors (Lipinski definition) is 0. The Balaban J connectivity index is 1.98. The van der Waals surface area contributed by atoms with Gasteiger partial charge in [0.25, 0.3) is 5.91 Å². The third-order valence-corrected chi connectivity index (χ3v) is 5.77. The van der Waals surface area contributed by atoms with Gasteiger partial charge in [-0.2, -0.15) is 16.8 Å². The van der Waals surface area contributed by atoms with Crippen molar-refractivity contribution in [2.75, 3.05) is 18.6 Å². The number of nitrogens with zero attached hydrogens (tertiary/aromatic N) is 2. The second-order valence-corrected chi connectivity index (χ2v) is 8.12. The van der Waals surface area contributed by atoms with Gasteiger partial charge >= 0.3 is 5.97 Å². The highest BCUT2D eigenvalue weighted by atomic mass is 32.2. The highest BCUT2D eigenvalue weighted by molar-refractivity contribution is 7.98. The van der Waals surface area contributed by atoms with Gasteiger partial charge in [-0.25, -0.2) is 4.79 Å². The van der Waals surface area contributed by atoms with E-state index in [1.54, 1.807) is 36.9 Å². The van der Waals surface area contributed by atoms with Crippen molar-refractivity contribution < 1.29 is 14.3 Å². The van der Waals surface area contributed by atoms with Crippen LogP contribution in [0, 0.1) is 0 Å². The molecule has 3 rings (SSSR count). The first-order chi connectivity index (χ1) is 14.1. The number of fused-ring (bicyclic) bond motifs is 1.